The standard InChI is InChI=1S/C13H13BrN2O2S/c1-16(11-5-3-2-4-6-11)19(17,18)13-8-7-10(15)9-12(13)14/h2-9H,15H2,1H3. The lowest BCUT2D eigenvalue weighted by Crippen LogP contribution is -2.26. The van der Waals surface area contributed by atoms with Crippen molar-refractivity contribution in [3.8, 4) is 0 Å². The molecule has 0 aromatic heterocycles. The normalized spacial score (nSPS) is 11.3. The fourth-order valence-electron chi connectivity index (χ4n) is 1.65. The molecule has 0 spiro atoms. The summed E-state index contributed by atoms with van der Waals surface area (Å²) in [6, 6.07) is 13.5. The maximum atomic E-state index is 12.5. The van der Waals surface area contributed by atoms with E-state index in [1.54, 1.807) is 36.4 Å². The largest absolute Gasteiger partial charge is 0.399 e. The van der Waals surface area contributed by atoms with E-state index >= 15 is 0 Å². The van der Waals surface area contributed by atoms with Gasteiger partial charge in [0.2, 0.25) is 0 Å². The summed E-state index contributed by atoms with van der Waals surface area (Å²) in [4.78, 5) is 0.188. The van der Waals surface area contributed by atoms with Crippen LogP contribution in [0.2, 0.25) is 0 Å². The lowest BCUT2D eigenvalue weighted by Gasteiger charge is -2.20. The van der Waals surface area contributed by atoms with Gasteiger partial charge in [0.15, 0.2) is 0 Å². The second-order valence-electron chi connectivity index (χ2n) is 4.00. The first-order chi connectivity index (χ1) is 8.93. The van der Waals surface area contributed by atoms with Gasteiger partial charge in [0.25, 0.3) is 10.0 Å². The van der Waals surface area contributed by atoms with Crippen LogP contribution in [0.5, 0.6) is 0 Å². The molecule has 0 atom stereocenters. The van der Waals surface area contributed by atoms with Crippen LogP contribution < -0.4 is 10.0 Å². The fourth-order valence-corrected chi connectivity index (χ4v) is 3.90. The molecule has 2 rings (SSSR count). The molecule has 0 saturated carbocycles. The Morgan fingerprint density at radius 3 is 2.32 bits per heavy atom. The van der Waals surface area contributed by atoms with Gasteiger partial charge in [-0.1, -0.05) is 18.2 Å². The molecule has 6 heteroatoms. The third-order valence-corrected chi connectivity index (χ3v) is 5.48. The molecule has 0 fully saturated rings. The lowest BCUT2D eigenvalue weighted by molar-refractivity contribution is 0.594. The molecule has 0 unspecified atom stereocenters. The molecule has 0 saturated heterocycles. The first-order valence-electron chi connectivity index (χ1n) is 5.52. The predicted octanol–water partition coefficient (Wildman–Crippen LogP) is 2.86. The van der Waals surface area contributed by atoms with Crippen LogP contribution in [0.4, 0.5) is 11.4 Å². The second-order valence-corrected chi connectivity index (χ2v) is 6.79. The van der Waals surface area contributed by atoms with Gasteiger partial charge in [-0.2, -0.15) is 0 Å². The molecule has 0 radical (unpaired) electrons. The minimum atomic E-state index is -3.61. The molecule has 2 N–H and O–H groups in total. The quantitative estimate of drug-likeness (QED) is 0.873. The van der Waals surface area contributed by atoms with Crippen LogP contribution in [0.15, 0.2) is 57.9 Å². The molecule has 0 aliphatic rings. The highest BCUT2D eigenvalue weighted by Crippen LogP contribution is 2.28. The molecule has 0 heterocycles. The smallest absolute Gasteiger partial charge is 0.265 e. The van der Waals surface area contributed by atoms with Crippen LogP contribution in [0.25, 0.3) is 0 Å². The van der Waals surface area contributed by atoms with Gasteiger partial charge in [0, 0.05) is 17.2 Å². The van der Waals surface area contributed by atoms with E-state index in [1.165, 1.54) is 17.4 Å². The molecular weight excluding hydrogens is 328 g/mol. The minimum absolute atomic E-state index is 0.188. The Morgan fingerprint density at radius 1 is 1.11 bits per heavy atom. The maximum Gasteiger partial charge on any atom is 0.265 e. The number of nitrogens with zero attached hydrogens (tertiary/aromatic N) is 1. The number of hydrogen-bond acceptors (Lipinski definition) is 3. The average Bonchev–Trinajstić information content (AvgIpc) is 2.38. The monoisotopic (exact) mass is 340 g/mol. The highest BCUT2D eigenvalue weighted by atomic mass is 79.9. The molecule has 0 aliphatic heterocycles. The summed E-state index contributed by atoms with van der Waals surface area (Å²) in [6.45, 7) is 0. The number of rotatable bonds is 3. The van der Waals surface area contributed by atoms with Crippen molar-refractivity contribution in [1.82, 2.24) is 0 Å². The van der Waals surface area contributed by atoms with E-state index in [0.29, 0.717) is 15.8 Å². The Bertz CT molecular complexity index is 687. The molecular formula is C13H13BrN2O2S. The van der Waals surface area contributed by atoms with Crippen molar-refractivity contribution in [3.05, 3.63) is 53.0 Å². The van der Waals surface area contributed by atoms with Gasteiger partial charge in [-0.25, -0.2) is 8.42 Å². The Labute approximate surface area is 121 Å². The minimum Gasteiger partial charge on any atom is -0.399 e. The van der Waals surface area contributed by atoms with Crippen molar-refractivity contribution in [2.45, 2.75) is 4.90 Å². The Kier molecular flexibility index (Phi) is 3.82. The number of anilines is 2. The molecule has 4 nitrogen and oxygen atoms in total. The Balaban J connectivity index is 2.48. The van der Waals surface area contributed by atoms with Crippen LogP contribution in [0.1, 0.15) is 0 Å². The second kappa shape index (κ2) is 5.22. The summed E-state index contributed by atoms with van der Waals surface area (Å²) >= 11 is 3.24. The third kappa shape index (κ3) is 2.74. The molecule has 19 heavy (non-hydrogen) atoms. The SMILES string of the molecule is CN(c1ccccc1)S(=O)(=O)c1ccc(N)cc1Br. The van der Waals surface area contributed by atoms with Crippen molar-refractivity contribution in [3.63, 3.8) is 0 Å². The van der Waals surface area contributed by atoms with Gasteiger partial charge in [0.1, 0.15) is 4.90 Å². The van der Waals surface area contributed by atoms with Crippen molar-refractivity contribution in [1.29, 1.82) is 0 Å². The zero-order chi connectivity index (χ0) is 14.0. The summed E-state index contributed by atoms with van der Waals surface area (Å²) in [5, 5.41) is 0. The van der Waals surface area contributed by atoms with E-state index in [-0.39, 0.29) is 4.90 Å². The van der Waals surface area contributed by atoms with Crippen LogP contribution in [0.3, 0.4) is 0 Å². The molecule has 100 valence electrons. The van der Waals surface area contributed by atoms with E-state index in [2.05, 4.69) is 15.9 Å². The maximum absolute atomic E-state index is 12.5. The van der Waals surface area contributed by atoms with Crippen molar-refractivity contribution >= 4 is 37.3 Å². The van der Waals surface area contributed by atoms with E-state index in [1.807, 2.05) is 6.07 Å². The Hall–Kier alpha value is -1.53. The summed E-state index contributed by atoms with van der Waals surface area (Å²) in [7, 11) is -2.09. The molecule has 0 aliphatic carbocycles. The van der Waals surface area contributed by atoms with Crippen LogP contribution in [-0.4, -0.2) is 15.5 Å². The zero-order valence-corrected chi connectivity index (χ0v) is 12.6. The molecule has 0 amide bonds. The number of nitrogen functional groups attached to an aromatic ring is 1. The first kappa shape index (κ1) is 13.9. The molecule has 2 aromatic carbocycles. The van der Waals surface area contributed by atoms with Crippen molar-refractivity contribution in [2.75, 3.05) is 17.1 Å². The van der Waals surface area contributed by atoms with Crippen molar-refractivity contribution in [2.24, 2.45) is 0 Å². The molecule has 2 aromatic rings. The Morgan fingerprint density at radius 2 is 1.74 bits per heavy atom. The van der Waals surface area contributed by atoms with E-state index in [9.17, 15) is 8.42 Å². The summed E-state index contributed by atoms with van der Waals surface area (Å²) in [5.41, 5.74) is 6.73. The highest BCUT2D eigenvalue weighted by molar-refractivity contribution is 9.10. The zero-order valence-electron chi connectivity index (χ0n) is 10.2. The van der Waals surface area contributed by atoms with E-state index < -0.39 is 10.0 Å². The number of hydrogen-bond donors (Lipinski definition) is 1. The fraction of sp³-hybridized carbons (Fsp3) is 0.0769. The highest BCUT2D eigenvalue weighted by Gasteiger charge is 2.23. The number of sulfonamides is 1. The van der Waals surface area contributed by atoms with Crippen LogP contribution in [0, 0.1) is 0 Å². The number of para-hydroxylation sites is 1. The summed E-state index contributed by atoms with van der Waals surface area (Å²) in [5.74, 6) is 0. The van der Waals surface area contributed by atoms with Gasteiger partial charge < -0.3 is 5.73 Å². The van der Waals surface area contributed by atoms with Gasteiger partial charge in [-0.3, -0.25) is 4.31 Å². The number of halogens is 1. The number of benzene rings is 2. The van der Waals surface area contributed by atoms with Gasteiger partial charge >= 0.3 is 0 Å². The van der Waals surface area contributed by atoms with E-state index in [0.717, 1.165) is 0 Å². The summed E-state index contributed by atoms with van der Waals surface area (Å²) in [6.07, 6.45) is 0. The van der Waals surface area contributed by atoms with Gasteiger partial charge in [-0.05, 0) is 46.3 Å². The van der Waals surface area contributed by atoms with E-state index in [4.69, 9.17) is 5.73 Å². The summed E-state index contributed by atoms with van der Waals surface area (Å²) < 4.78 is 26.7. The van der Waals surface area contributed by atoms with Gasteiger partial charge in [0.05, 0.1) is 5.69 Å². The predicted molar refractivity (Wildman–Crippen MR) is 80.6 cm³/mol. The van der Waals surface area contributed by atoms with Crippen LogP contribution in [-0.2, 0) is 10.0 Å². The van der Waals surface area contributed by atoms with Crippen molar-refractivity contribution < 1.29 is 8.42 Å². The first-order valence-corrected chi connectivity index (χ1v) is 7.75. The van der Waals surface area contributed by atoms with Crippen LogP contribution >= 0.6 is 15.9 Å². The number of nitrogens with two attached hydrogens (primary N) is 1. The van der Waals surface area contributed by atoms with Gasteiger partial charge in [-0.15, -0.1) is 0 Å². The topological polar surface area (TPSA) is 63.4 Å². The third-order valence-electron chi connectivity index (χ3n) is 2.71. The molecule has 0 bridgehead atoms. The average molecular weight is 341 g/mol. The lowest BCUT2D eigenvalue weighted by atomic mass is 10.3.